The second-order valence-electron chi connectivity index (χ2n) is 8.24. The van der Waals surface area contributed by atoms with Crippen LogP contribution in [0, 0.1) is 0 Å². The van der Waals surface area contributed by atoms with Crippen LogP contribution in [0.1, 0.15) is 21.6 Å². The third-order valence-electron chi connectivity index (χ3n) is 6.18. The topological polar surface area (TPSA) is 85.3 Å². The lowest BCUT2D eigenvalue weighted by Crippen LogP contribution is -2.36. The molecule has 1 saturated heterocycles. The van der Waals surface area contributed by atoms with E-state index >= 15 is 0 Å². The zero-order valence-electron chi connectivity index (χ0n) is 19.8. The van der Waals surface area contributed by atoms with Gasteiger partial charge in [0.05, 0.1) is 55.4 Å². The number of anilines is 1. The number of aliphatic imine (C=N–C) groups is 1. The maximum absolute atomic E-state index is 12.9. The van der Waals surface area contributed by atoms with Gasteiger partial charge in [-0.15, -0.1) is 0 Å². The fourth-order valence-corrected chi connectivity index (χ4v) is 4.95. The molecule has 0 atom stereocenters. The van der Waals surface area contributed by atoms with Gasteiger partial charge in [0.2, 0.25) is 0 Å². The summed E-state index contributed by atoms with van der Waals surface area (Å²) in [4.78, 5) is 24.4. The van der Waals surface area contributed by atoms with Crippen molar-refractivity contribution in [2.24, 2.45) is 4.99 Å². The summed E-state index contributed by atoms with van der Waals surface area (Å²) >= 11 is 13.1. The number of pyridine rings is 1. The number of amides is 1. The van der Waals surface area contributed by atoms with Gasteiger partial charge >= 0.3 is 0 Å². The second-order valence-corrected chi connectivity index (χ2v) is 9.00. The molecule has 5 rings (SSSR count). The Morgan fingerprint density at radius 2 is 1.67 bits per heavy atom. The Morgan fingerprint density at radius 3 is 2.31 bits per heavy atom. The molecule has 10 heteroatoms. The van der Waals surface area contributed by atoms with Gasteiger partial charge in [0.1, 0.15) is 17.3 Å². The van der Waals surface area contributed by atoms with Crippen LogP contribution in [0.25, 0.3) is 11.3 Å². The van der Waals surface area contributed by atoms with Crippen molar-refractivity contribution in [3.05, 3.63) is 69.3 Å². The smallest absolute Gasteiger partial charge is 0.256 e. The Morgan fingerprint density at radius 1 is 1.00 bits per heavy atom. The molecule has 1 fully saturated rings. The summed E-state index contributed by atoms with van der Waals surface area (Å²) in [5.41, 5.74) is 4.15. The maximum Gasteiger partial charge on any atom is 0.256 e. The number of ether oxygens (including phenoxy) is 3. The number of hydrogen-bond acceptors (Lipinski definition) is 7. The van der Waals surface area contributed by atoms with Crippen molar-refractivity contribution in [1.29, 1.82) is 0 Å². The van der Waals surface area contributed by atoms with E-state index in [-0.39, 0.29) is 5.91 Å². The molecule has 0 bridgehead atoms. The Kier molecular flexibility index (Phi) is 7.00. The van der Waals surface area contributed by atoms with Crippen molar-refractivity contribution < 1.29 is 19.0 Å². The summed E-state index contributed by atoms with van der Waals surface area (Å²) in [5, 5.41) is 3.59. The number of amidine groups is 1. The largest absolute Gasteiger partial charge is 0.495 e. The minimum Gasteiger partial charge on any atom is -0.495 e. The average Bonchev–Trinajstić information content (AvgIpc) is 3.31. The average molecular weight is 527 g/mol. The molecule has 1 aromatic heterocycles. The minimum absolute atomic E-state index is 0.233. The van der Waals surface area contributed by atoms with E-state index in [1.165, 1.54) is 14.2 Å². The summed E-state index contributed by atoms with van der Waals surface area (Å²) in [6.45, 7) is 3.42. The maximum atomic E-state index is 12.9. The van der Waals surface area contributed by atoms with E-state index in [2.05, 4.69) is 15.2 Å². The number of benzene rings is 2. The van der Waals surface area contributed by atoms with E-state index in [0.29, 0.717) is 69.7 Å². The molecule has 186 valence electrons. The number of fused-ring (bicyclic) bond motifs is 1. The first-order valence-electron chi connectivity index (χ1n) is 11.4. The van der Waals surface area contributed by atoms with E-state index in [1.807, 2.05) is 30.3 Å². The molecule has 2 aromatic carbocycles. The van der Waals surface area contributed by atoms with Gasteiger partial charge in [0.25, 0.3) is 5.91 Å². The van der Waals surface area contributed by atoms with Crippen LogP contribution in [0.4, 0.5) is 5.69 Å². The molecule has 8 nitrogen and oxygen atoms in total. The van der Waals surface area contributed by atoms with Gasteiger partial charge in [-0.3, -0.25) is 9.79 Å². The van der Waals surface area contributed by atoms with E-state index in [4.69, 9.17) is 42.4 Å². The lowest BCUT2D eigenvalue weighted by molar-refractivity contribution is 0.0977. The Hall–Kier alpha value is -3.33. The molecule has 3 aromatic rings. The predicted octanol–water partition coefficient (Wildman–Crippen LogP) is 4.60. The van der Waals surface area contributed by atoms with Gasteiger partial charge in [0.15, 0.2) is 0 Å². The highest BCUT2D eigenvalue weighted by Gasteiger charge is 2.24. The molecular weight excluding hydrogens is 503 g/mol. The summed E-state index contributed by atoms with van der Waals surface area (Å²) in [5.74, 6) is 1.10. The number of hydrogen-bond donors (Lipinski definition) is 1. The minimum atomic E-state index is -0.233. The van der Waals surface area contributed by atoms with Crippen molar-refractivity contribution in [3.8, 4) is 22.8 Å². The van der Waals surface area contributed by atoms with Crippen LogP contribution in [0.2, 0.25) is 10.0 Å². The highest BCUT2D eigenvalue weighted by atomic mass is 35.5. The van der Waals surface area contributed by atoms with Crippen LogP contribution < -0.4 is 19.7 Å². The van der Waals surface area contributed by atoms with E-state index in [9.17, 15) is 4.79 Å². The Labute approximate surface area is 218 Å². The number of aromatic nitrogens is 1. The number of methoxy groups -OCH3 is 2. The van der Waals surface area contributed by atoms with Crippen LogP contribution in [0.15, 0.2) is 47.5 Å². The normalized spacial score (nSPS) is 14.8. The molecule has 2 aliphatic heterocycles. The first-order valence-corrected chi connectivity index (χ1v) is 12.1. The number of halogens is 2. The first kappa shape index (κ1) is 24.4. The lowest BCUT2D eigenvalue weighted by Gasteiger charge is -2.28. The highest BCUT2D eigenvalue weighted by molar-refractivity contribution is 6.41. The Balaban J connectivity index is 1.35. The summed E-state index contributed by atoms with van der Waals surface area (Å²) in [7, 11) is 3.04. The summed E-state index contributed by atoms with van der Waals surface area (Å²) in [6.07, 6.45) is 0. The Bertz CT molecular complexity index is 1310. The van der Waals surface area contributed by atoms with Crippen molar-refractivity contribution in [3.63, 3.8) is 0 Å². The van der Waals surface area contributed by atoms with Crippen molar-refractivity contribution in [2.75, 3.05) is 45.4 Å². The standard InChI is InChI=1S/C26H24Cl2N4O4/c1-34-20-13-21(35-2)24(28)22(23(20)27)18-8-7-17-19(30-18)14-29-25(17)31-26(33)15-3-5-16(6-4-15)32-9-11-36-12-10-32/h3-8,13H,9-12,14H2,1-2H3,(H,29,31,33). The number of morpholine rings is 1. The predicted molar refractivity (Wildman–Crippen MR) is 140 cm³/mol. The molecule has 3 heterocycles. The van der Waals surface area contributed by atoms with Crippen LogP contribution in [-0.4, -0.2) is 57.2 Å². The molecule has 0 spiro atoms. The number of nitrogens with zero attached hydrogens (tertiary/aromatic N) is 3. The molecule has 0 aliphatic carbocycles. The summed E-state index contributed by atoms with van der Waals surface area (Å²) < 4.78 is 16.1. The van der Waals surface area contributed by atoms with E-state index in [0.717, 1.165) is 24.3 Å². The van der Waals surface area contributed by atoms with Crippen LogP contribution in [-0.2, 0) is 11.3 Å². The highest BCUT2D eigenvalue weighted by Crippen LogP contribution is 2.45. The number of rotatable bonds is 5. The van der Waals surface area contributed by atoms with E-state index in [1.54, 1.807) is 12.1 Å². The first-order chi connectivity index (χ1) is 17.5. The fourth-order valence-electron chi connectivity index (χ4n) is 4.26. The molecule has 0 radical (unpaired) electrons. The fraction of sp³-hybridized carbons (Fsp3) is 0.269. The quantitative estimate of drug-likeness (QED) is 0.522. The van der Waals surface area contributed by atoms with E-state index < -0.39 is 0 Å². The molecule has 1 amide bonds. The van der Waals surface area contributed by atoms with Crippen LogP contribution in [0.3, 0.4) is 0 Å². The van der Waals surface area contributed by atoms with Crippen LogP contribution >= 0.6 is 23.2 Å². The van der Waals surface area contributed by atoms with Gasteiger partial charge < -0.3 is 24.4 Å². The third-order valence-corrected chi connectivity index (χ3v) is 6.93. The number of nitrogens with one attached hydrogen (secondary N) is 1. The molecular formula is C26H24Cl2N4O4. The zero-order valence-corrected chi connectivity index (χ0v) is 21.3. The van der Waals surface area contributed by atoms with Crippen molar-refractivity contribution in [2.45, 2.75) is 6.54 Å². The molecule has 36 heavy (non-hydrogen) atoms. The van der Waals surface area contributed by atoms with Gasteiger partial charge in [-0.1, -0.05) is 23.2 Å². The lowest BCUT2D eigenvalue weighted by atomic mass is 10.1. The number of carbonyl (C=O) groups is 1. The monoisotopic (exact) mass is 526 g/mol. The molecule has 2 aliphatic rings. The third kappa shape index (κ3) is 4.59. The van der Waals surface area contributed by atoms with Gasteiger partial charge in [0, 0.05) is 41.5 Å². The van der Waals surface area contributed by atoms with Gasteiger partial charge in [-0.25, -0.2) is 4.98 Å². The van der Waals surface area contributed by atoms with Gasteiger partial charge in [-0.05, 0) is 36.4 Å². The van der Waals surface area contributed by atoms with Crippen molar-refractivity contribution >= 4 is 40.6 Å². The second kappa shape index (κ2) is 10.3. The van der Waals surface area contributed by atoms with Crippen LogP contribution in [0.5, 0.6) is 11.5 Å². The number of carbonyl (C=O) groups excluding carboxylic acids is 1. The molecule has 0 saturated carbocycles. The molecule has 0 unspecified atom stereocenters. The molecule has 1 N–H and O–H groups in total. The van der Waals surface area contributed by atoms with Gasteiger partial charge in [-0.2, -0.15) is 0 Å². The zero-order chi connectivity index (χ0) is 25.2. The summed E-state index contributed by atoms with van der Waals surface area (Å²) in [6, 6.07) is 12.8. The SMILES string of the molecule is COc1cc(OC)c(Cl)c(-c2ccc3c(n2)CN=C3NC(=O)c2ccc(N3CCOCC3)cc2)c1Cl. The van der Waals surface area contributed by atoms with Crippen molar-refractivity contribution in [1.82, 2.24) is 10.3 Å².